The fourth-order valence-corrected chi connectivity index (χ4v) is 3.05. The molecule has 1 atom stereocenters. The first-order valence-electron chi connectivity index (χ1n) is 8.79. The van der Waals surface area contributed by atoms with Gasteiger partial charge in [-0.05, 0) is 18.9 Å². The van der Waals surface area contributed by atoms with Crippen LogP contribution in [0.25, 0.3) is 0 Å². The predicted molar refractivity (Wildman–Crippen MR) is 96.3 cm³/mol. The number of nitrogens with one attached hydrogen (secondary N) is 1. The highest BCUT2D eigenvalue weighted by atomic mass is 16.5. The van der Waals surface area contributed by atoms with Gasteiger partial charge in [0.15, 0.2) is 17.3 Å². The van der Waals surface area contributed by atoms with Gasteiger partial charge in [-0.1, -0.05) is 19.1 Å². The number of rotatable bonds is 6. The number of hydrogen-bond donors (Lipinski definition) is 1. The van der Waals surface area contributed by atoms with Crippen LogP contribution >= 0.6 is 0 Å². The van der Waals surface area contributed by atoms with Crippen LogP contribution in [0.5, 0.6) is 11.5 Å². The highest BCUT2D eigenvalue weighted by molar-refractivity contribution is 5.74. The summed E-state index contributed by atoms with van der Waals surface area (Å²) in [7, 11) is 3.38. The number of carbonyl (C=O) groups excluding carboxylic acids is 1. The van der Waals surface area contributed by atoms with E-state index >= 15 is 0 Å². The summed E-state index contributed by atoms with van der Waals surface area (Å²) in [5.74, 6) is 2.26. The van der Waals surface area contributed by atoms with E-state index < -0.39 is 0 Å². The smallest absolute Gasteiger partial charge is 0.317 e. The maximum absolute atomic E-state index is 12.5. The number of nitrogens with zero attached hydrogens (tertiary/aromatic N) is 4. The molecule has 1 N–H and O–H groups in total. The van der Waals surface area contributed by atoms with Gasteiger partial charge in [-0.2, -0.15) is 0 Å². The number of aromatic nitrogens is 3. The number of ether oxygens (including phenoxy) is 2. The number of carbonyl (C=O) groups is 1. The molecule has 2 amide bonds. The van der Waals surface area contributed by atoms with Gasteiger partial charge in [0.2, 0.25) is 0 Å². The largest absolute Gasteiger partial charge is 0.493 e. The molecule has 2 aromatic rings. The first-order chi connectivity index (χ1) is 12.6. The van der Waals surface area contributed by atoms with Crippen LogP contribution in [0, 0.1) is 0 Å². The molecule has 26 heavy (non-hydrogen) atoms. The lowest BCUT2D eigenvalue weighted by atomic mass is 10.0. The number of para-hydroxylation sites is 1. The Morgan fingerprint density at radius 3 is 3.12 bits per heavy atom. The minimum atomic E-state index is -0.156. The fraction of sp³-hybridized carbons (Fsp3) is 0.500. The number of urea groups is 1. The van der Waals surface area contributed by atoms with Gasteiger partial charge in [-0.3, -0.25) is 0 Å². The van der Waals surface area contributed by atoms with Crippen molar-refractivity contribution in [2.75, 3.05) is 20.8 Å². The summed E-state index contributed by atoms with van der Waals surface area (Å²) in [6.07, 6.45) is 3.39. The summed E-state index contributed by atoms with van der Waals surface area (Å²) in [6, 6.07) is 5.55. The molecule has 0 bridgehead atoms. The normalized spacial score (nSPS) is 15.7. The van der Waals surface area contributed by atoms with E-state index in [4.69, 9.17) is 9.47 Å². The first kappa shape index (κ1) is 18.0. The molecule has 3 rings (SSSR count). The summed E-state index contributed by atoms with van der Waals surface area (Å²) in [5, 5.41) is 11.1. The van der Waals surface area contributed by atoms with Gasteiger partial charge in [-0.15, -0.1) is 10.2 Å². The van der Waals surface area contributed by atoms with Crippen molar-refractivity contribution in [2.24, 2.45) is 0 Å². The monoisotopic (exact) mass is 359 g/mol. The van der Waals surface area contributed by atoms with Crippen molar-refractivity contribution < 1.29 is 14.3 Å². The Balaban J connectivity index is 1.58. The summed E-state index contributed by atoms with van der Waals surface area (Å²) < 4.78 is 13.1. The number of methoxy groups -OCH3 is 1. The number of fused-ring (bicyclic) bond motifs is 1. The van der Waals surface area contributed by atoms with Crippen molar-refractivity contribution in [3.63, 3.8) is 0 Å². The van der Waals surface area contributed by atoms with Gasteiger partial charge >= 0.3 is 6.03 Å². The Hall–Kier alpha value is -2.77. The quantitative estimate of drug-likeness (QED) is 0.851. The van der Waals surface area contributed by atoms with Gasteiger partial charge < -0.3 is 24.3 Å². The van der Waals surface area contributed by atoms with Gasteiger partial charge in [0, 0.05) is 19.2 Å². The summed E-state index contributed by atoms with van der Waals surface area (Å²) in [5.41, 5.74) is 1.03. The molecule has 8 heteroatoms. The van der Waals surface area contributed by atoms with Gasteiger partial charge in [0.25, 0.3) is 0 Å². The van der Waals surface area contributed by atoms with E-state index in [2.05, 4.69) is 22.4 Å². The molecule has 0 saturated heterocycles. The third-order valence-electron chi connectivity index (χ3n) is 4.39. The number of amides is 2. The second kappa shape index (κ2) is 8.07. The SMILES string of the molecule is CCCn1cnnc1CN(C)C(=O)N[C@H]1COc2c(cccc2OC)C1. The van der Waals surface area contributed by atoms with Crippen LogP contribution in [0.2, 0.25) is 0 Å². The van der Waals surface area contributed by atoms with Gasteiger partial charge in [-0.25, -0.2) is 4.79 Å². The van der Waals surface area contributed by atoms with Crippen LogP contribution in [0.1, 0.15) is 24.7 Å². The maximum atomic E-state index is 12.5. The van der Waals surface area contributed by atoms with Gasteiger partial charge in [0.05, 0.1) is 19.7 Å². The Kier molecular flexibility index (Phi) is 5.60. The third kappa shape index (κ3) is 3.89. The van der Waals surface area contributed by atoms with Crippen molar-refractivity contribution in [3.8, 4) is 11.5 Å². The lowest BCUT2D eigenvalue weighted by molar-refractivity contribution is 0.184. The molecule has 1 aliphatic rings. The fourth-order valence-electron chi connectivity index (χ4n) is 3.05. The molecule has 0 fully saturated rings. The van der Waals surface area contributed by atoms with E-state index in [9.17, 15) is 4.79 Å². The zero-order valence-corrected chi connectivity index (χ0v) is 15.4. The van der Waals surface area contributed by atoms with Crippen molar-refractivity contribution in [2.45, 2.75) is 38.9 Å². The zero-order valence-electron chi connectivity index (χ0n) is 15.4. The van der Waals surface area contributed by atoms with E-state index in [1.165, 1.54) is 0 Å². The molecule has 0 radical (unpaired) electrons. The Labute approximate surface area is 153 Å². The van der Waals surface area contributed by atoms with Crippen LogP contribution in [0.15, 0.2) is 24.5 Å². The topological polar surface area (TPSA) is 81.5 Å². The lowest BCUT2D eigenvalue weighted by Gasteiger charge is -2.28. The molecule has 1 aliphatic heterocycles. The van der Waals surface area contributed by atoms with Crippen molar-refractivity contribution >= 4 is 6.03 Å². The molecule has 140 valence electrons. The Morgan fingerprint density at radius 1 is 1.50 bits per heavy atom. The predicted octanol–water partition coefficient (Wildman–Crippen LogP) is 1.84. The van der Waals surface area contributed by atoms with Crippen LogP contribution in [0.4, 0.5) is 4.79 Å². The van der Waals surface area contributed by atoms with Crippen LogP contribution in [-0.2, 0) is 19.5 Å². The van der Waals surface area contributed by atoms with Crippen LogP contribution in [-0.4, -0.2) is 52.5 Å². The summed E-state index contributed by atoms with van der Waals surface area (Å²) in [4.78, 5) is 14.1. The minimum Gasteiger partial charge on any atom is -0.493 e. The maximum Gasteiger partial charge on any atom is 0.317 e. The zero-order chi connectivity index (χ0) is 18.5. The Bertz CT molecular complexity index is 761. The van der Waals surface area contributed by atoms with E-state index in [0.717, 1.165) is 35.9 Å². The lowest BCUT2D eigenvalue weighted by Crippen LogP contribution is -2.47. The highest BCUT2D eigenvalue weighted by Crippen LogP contribution is 2.34. The van der Waals surface area contributed by atoms with E-state index in [0.29, 0.717) is 19.6 Å². The molecule has 0 saturated carbocycles. The number of aryl methyl sites for hydroxylation is 1. The van der Waals surface area contributed by atoms with Crippen molar-refractivity contribution in [3.05, 3.63) is 35.9 Å². The molecule has 0 aliphatic carbocycles. The van der Waals surface area contributed by atoms with Crippen molar-refractivity contribution in [1.82, 2.24) is 25.0 Å². The molecule has 0 unspecified atom stereocenters. The summed E-state index contributed by atoms with van der Waals surface area (Å²) in [6.45, 7) is 3.76. The molecule has 2 heterocycles. The highest BCUT2D eigenvalue weighted by Gasteiger charge is 2.25. The van der Waals surface area contributed by atoms with Crippen LogP contribution in [0.3, 0.4) is 0 Å². The molecule has 1 aromatic heterocycles. The minimum absolute atomic E-state index is 0.0851. The summed E-state index contributed by atoms with van der Waals surface area (Å²) >= 11 is 0. The van der Waals surface area contributed by atoms with E-state index in [-0.39, 0.29) is 12.1 Å². The third-order valence-corrected chi connectivity index (χ3v) is 4.39. The second-order valence-electron chi connectivity index (χ2n) is 6.41. The second-order valence-corrected chi connectivity index (χ2v) is 6.41. The molecular formula is C18H25N5O3. The Morgan fingerprint density at radius 2 is 2.35 bits per heavy atom. The van der Waals surface area contributed by atoms with Crippen LogP contribution < -0.4 is 14.8 Å². The van der Waals surface area contributed by atoms with Crippen molar-refractivity contribution in [1.29, 1.82) is 0 Å². The molecular weight excluding hydrogens is 334 g/mol. The standard InChI is InChI=1S/C18H25N5O3/c1-4-8-23-12-19-21-16(23)10-22(2)18(24)20-14-9-13-6-5-7-15(25-3)17(13)26-11-14/h5-7,12,14H,4,8-11H2,1-3H3,(H,20,24)/t14-/m1/s1. The van der Waals surface area contributed by atoms with Gasteiger partial charge in [0.1, 0.15) is 12.9 Å². The molecule has 0 spiro atoms. The van der Waals surface area contributed by atoms with E-state index in [1.54, 1.807) is 25.4 Å². The number of hydrogen-bond acceptors (Lipinski definition) is 5. The number of benzene rings is 1. The first-order valence-corrected chi connectivity index (χ1v) is 8.79. The molecule has 8 nitrogen and oxygen atoms in total. The average molecular weight is 359 g/mol. The van der Waals surface area contributed by atoms with E-state index in [1.807, 2.05) is 22.8 Å². The molecule has 1 aromatic carbocycles. The average Bonchev–Trinajstić information content (AvgIpc) is 3.08.